The van der Waals surface area contributed by atoms with E-state index in [0.29, 0.717) is 0 Å². The summed E-state index contributed by atoms with van der Waals surface area (Å²) in [5.74, 6) is -1.82. The molecule has 0 spiro atoms. The van der Waals surface area contributed by atoms with E-state index < -0.39 is 18.7 Å². The van der Waals surface area contributed by atoms with Crippen molar-refractivity contribution >= 4 is 17.6 Å². The maximum absolute atomic E-state index is 11.9. The molecule has 0 bridgehead atoms. The van der Waals surface area contributed by atoms with Crippen molar-refractivity contribution in [2.24, 2.45) is 0 Å². The molecule has 0 heterocycles. The van der Waals surface area contributed by atoms with Crippen LogP contribution in [0.2, 0.25) is 5.02 Å². The second-order valence-corrected chi connectivity index (χ2v) is 3.28. The summed E-state index contributed by atoms with van der Waals surface area (Å²) in [5, 5.41) is 17.7. The molecule has 1 aromatic carbocycles. The molecule has 0 unspecified atom stereocenters. The molecule has 16 heavy (non-hydrogen) atoms. The van der Waals surface area contributed by atoms with Crippen LogP contribution in [-0.2, 0) is 4.79 Å². The van der Waals surface area contributed by atoms with Crippen molar-refractivity contribution in [3.63, 3.8) is 0 Å². The first-order valence-electron chi connectivity index (χ1n) is 4.06. The zero-order valence-corrected chi connectivity index (χ0v) is 8.49. The number of halogens is 3. The van der Waals surface area contributed by atoms with Gasteiger partial charge in [0.05, 0.1) is 0 Å². The molecule has 0 radical (unpaired) electrons. The second-order valence-electron chi connectivity index (χ2n) is 2.84. The van der Waals surface area contributed by atoms with Gasteiger partial charge in [0.2, 0.25) is 0 Å². The summed E-state index contributed by atoms with van der Waals surface area (Å²) in [5.41, 5.74) is -0.129. The van der Waals surface area contributed by atoms with E-state index in [2.05, 4.69) is 4.74 Å². The first kappa shape index (κ1) is 12.7. The number of benzene rings is 1. The Labute approximate surface area is 94.0 Å². The number of ether oxygens (including phenoxy) is 1. The Balaban J connectivity index is 3.02. The van der Waals surface area contributed by atoms with E-state index in [-0.39, 0.29) is 16.3 Å². The van der Waals surface area contributed by atoms with Gasteiger partial charge < -0.3 is 14.9 Å². The van der Waals surface area contributed by atoms with Gasteiger partial charge in [0, 0.05) is 5.02 Å². The van der Waals surface area contributed by atoms with Crippen LogP contribution in [0.5, 0.6) is 5.75 Å². The van der Waals surface area contributed by atoms with E-state index in [4.69, 9.17) is 16.7 Å². The third-order valence-electron chi connectivity index (χ3n) is 1.67. The molecule has 0 fully saturated rings. The minimum Gasteiger partial charge on any atom is -0.479 e. The average Bonchev–Trinajstić information content (AvgIpc) is 2.14. The molecule has 0 saturated carbocycles. The van der Waals surface area contributed by atoms with Crippen molar-refractivity contribution in [1.29, 1.82) is 0 Å². The molecule has 0 aromatic heterocycles. The first-order chi connectivity index (χ1) is 7.40. The zero-order chi connectivity index (χ0) is 12.3. The lowest BCUT2D eigenvalue weighted by Crippen LogP contribution is -2.11. The molecule has 7 heteroatoms. The summed E-state index contributed by atoms with van der Waals surface area (Å²) >= 11 is 5.55. The molecule has 1 atom stereocenters. The Kier molecular flexibility index (Phi) is 4.03. The Morgan fingerprint density at radius 2 is 2.00 bits per heavy atom. The molecule has 88 valence electrons. The van der Waals surface area contributed by atoms with Crippen LogP contribution in [0, 0.1) is 0 Å². The van der Waals surface area contributed by atoms with Gasteiger partial charge in [0.25, 0.3) is 0 Å². The molecular weight excluding hydrogens is 246 g/mol. The second kappa shape index (κ2) is 5.09. The number of hydrogen-bond acceptors (Lipinski definition) is 3. The Bertz CT molecular complexity index is 397. The van der Waals surface area contributed by atoms with Gasteiger partial charge in [-0.3, -0.25) is 0 Å². The largest absolute Gasteiger partial charge is 0.479 e. The number of carboxylic acid groups (broad SMARTS) is 1. The number of aliphatic hydroxyl groups is 1. The Morgan fingerprint density at radius 1 is 1.38 bits per heavy atom. The SMILES string of the molecule is O=C(O)[C@@H](O)c1cc(Cl)cc(OC(F)F)c1. The van der Waals surface area contributed by atoms with Gasteiger partial charge in [-0.2, -0.15) is 8.78 Å². The van der Waals surface area contributed by atoms with Gasteiger partial charge in [-0.25, -0.2) is 4.79 Å². The van der Waals surface area contributed by atoms with Crippen molar-refractivity contribution in [1.82, 2.24) is 0 Å². The minimum atomic E-state index is -3.05. The van der Waals surface area contributed by atoms with Gasteiger partial charge in [-0.1, -0.05) is 11.6 Å². The number of aliphatic carboxylic acids is 1. The molecule has 0 amide bonds. The first-order valence-corrected chi connectivity index (χ1v) is 4.44. The third kappa shape index (κ3) is 3.32. The van der Waals surface area contributed by atoms with E-state index in [1.54, 1.807) is 0 Å². The van der Waals surface area contributed by atoms with E-state index in [9.17, 15) is 18.7 Å². The molecular formula is C9H7ClF2O4. The predicted molar refractivity (Wildman–Crippen MR) is 50.7 cm³/mol. The number of carboxylic acids is 1. The fraction of sp³-hybridized carbons (Fsp3) is 0.222. The van der Waals surface area contributed by atoms with Gasteiger partial charge >= 0.3 is 12.6 Å². The summed E-state index contributed by atoms with van der Waals surface area (Å²) in [7, 11) is 0. The molecule has 0 aliphatic rings. The Morgan fingerprint density at radius 3 is 2.50 bits per heavy atom. The molecule has 2 N–H and O–H groups in total. The molecule has 4 nitrogen and oxygen atoms in total. The van der Waals surface area contributed by atoms with E-state index >= 15 is 0 Å². The number of rotatable bonds is 4. The highest BCUT2D eigenvalue weighted by molar-refractivity contribution is 6.30. The van der Waals surface area contributed by atoms with Crippen molar-refractivity contribution in [3.8, 4) is 5.75 Å². The number of aliphatic hydroxyl groups excluding tert-OH is 1. The monoisotopic (exact) mass is 252 g/mol. The highest BCUT2D eigenvalue weighted by Crippen LogP contribution is 2.26. The van der Waals surface area contributed by atoms with E-state index in [1.165, 1.54) is 0 Å². The van der Waals surface area contributed by atoms with Gasteiger partial charge in [-0.05, 0) is 23.8 Å². The fourth-order valence-electron chi connectivity index (χ4n) is 1.06. The van der Waals surface area contributed by atoms with E-state index in [0.717, 1.165) is 18.2 Å². The zero-order valence-electron chi connectivity index (χ0n) is 7.73. The quantitative estimate of drug-likeness (QED) is 0.861. The van der Waals surface area contributed by atoms with Crippen molar-refractivity contribution in [2.45, 2.75) is 12.7 Å². The number of alkyl halides is 2. The van der Waals surface area contributed by atoms with Crippen LogP contribution in [-0.4, -0.2) is 22.8 Å². The highest BCUT2D eigenvalue weighted by atomic mass is 35.5. The molecule has 0 saturated heterocycles. The third-order valence-corrected chi connectivity index (χ3v) is 1.89. The predicted octanol–water partition coefficient (Wildman–Crippen LogP) is 2.06. The van der Waals surface area contributed by atoms with Crippen LogP contribution in [0.25, 0.3) is 0 Å². The van der Waals surface area contributed by atoms with Gasteiger partial charge in [-0.15, -0.1) is 0 Å². The lowest BCUT2D eigenvalue weighted by molar-refractivity contribution is -0.146. The van der Waals surface area contributed by atoms with Crippen LogP contribution in [0.4, 0.5) is 8.78 Å². The van der Waals surface area contributed by atoms with Gasteiger partial charge in [0.1, 0.15) is 5.75 Å². The van der Waals surface area contributed by atoms with Crippen LogP contribution >= 0.6 is 11.6 Å². The summed E-state index contributed by atoms with van der Waals surface area (Å²) in [6.07, 6.45) is -1.83. The molecule has 1 aromatic rings. The van der Waals surface area contributed by atoms with Crippen LogP contribution in [0.15, 0.2) is 18.2 Å². The maximum Gasteiger partial charge on any atom is 0.387 e. The lowest BCUT2D eigenvalue weighted by Gasteiger charge is -2.10. The van der Waals surface area contributed by atoms with Crippen molar-refractivity contribution in [2.75, 3.05) is 0 Å². The number of hydrogen-bond donors (Lipinski definition) is 2. The minimum absolute atomic E-state index is 0.00606. The van der Waals surface area contributed by atoms with Crippen molar-refractivity contribution in [3.05, 3.63) is 28.8 Å². The highest BCUT2D eigenvalue weighted by Gasteiger charge is 2.18. The topological polar surface area (TPSA) is 66.8 Å². The molecule has 0 aliphatic carbocycles. The average molecular weight is 253 g/mol. The summed E-state index contributed by atoms with van der Waals surface area (Å²) in [6, 6.07) is 3.22. The summed E-state index contributed by atoms with van der Waals surface area (Å²) in [6.45, 7) is -3.05. The lowest BCUT2D eigenvalue weighted by atomic mass is 10.1. The smallest absolute Gasteiger partial charge is 0.387 e. The summed E-state index contributed by atoms with van der Waals surface area (Å²) < 4.78 is 27.8. The van der Waals surface area contributed by atoms with Crippen molar-refractivity contribution < 1.29 is 28.5 Å². The maximum atomic E-state index is 11.9. The van der Waals surface area contributed by atoms with Gasteiger partial charge in [0.15, 0.2) is 6.10 Å². The van der Waals surface area contributed by atoms with Crippen LogP contribution in [0.3, 0.4) is 0 Å². The Hall–Kier alpha value is -1.40. The summed E-state index contributed by atoms with van der Waals surface area (Å²) in [4.78, 5) is 10.5. The normalized spacial score (nSPS) is 12.6. The standard InChI is InChI=1S/C9H7ClF2O4/c10-5-1-4(7(13)8(14)15)2-6(3-5)16-9(11)12/h1-3,7,9,13H,(H,14,15)/t7-/m0/s1. The molecule has 1 rings (SSSR count). The number of carbonyl (C=O) groups is 1. The van der Waals surface area contributed by atoms with Crippen LogP contribution in [0.1, 0.15) is 11.7 Å². The molecule has 0 aliphatic heterocycles. The van der Waals surface area contributed by atoms with E-state index in [1.807, 2.05) is 0 Å². The van der Waals surface area contributed by atoms with Crippen LogP contribution < -0.4 is 4.74 Å². The fourth-order valence-corrected chi connectivity index (χ4v) is 1.29.